The summed E-state index contributed by atoms with van der Waals surface area (Å²) in [6.07, 6.45) is 1.70. The van der Waals surface area contributed by atoms with E-state index in [1.165, 1.54) is 11.3 Å². The van der Waals surface area contributed by atoms with Crippen molar-refractivity contribution in [3.05, 3.63) is 93.8 Å². The van der Waals surface area contributed by atoms with Gasteiger partial charge in [0, 0.05) is 21.9 Å². The first-order valence-corrected chi connectivity index (χ1v) is 9.90. The lowest BCUT2D eigenvalue weighted by molar-refractivity contribution is 0.0740. The largest absolute Gasteiger partial charge is 0.422 e. The molecule has 0 unspecified atom stereocenters. The number of carbonyl (C=O) groups excluding carboxylic acids is 1. The fourth-order valence-electron chi connectivity index (χ4n) is 2.82. The summed E-state index contributed by atoms with van der Waals surface area (Å²) in [7, 11) is 0. The number of rotatable bonds is 4. The molecule has 1 aromatic heterocycles. The van der Waals surface area contributed by atoms with E-state index in [-0.39, 0.29) is 0 Å². The minimum Gasteiger partial charge on any atom is -0.422 e. The Morgan fingerprint density at radius 2 is 1.82 bits per heavy atom. The molecular formula is C23H16ClNO2S. The third kappa shape index (κ3) is 3.84. The second kappa shape index (κ2) is 7.97. The third-order valence-corrected chi connectivity index (χ3v) is 5.85. The van der Waals surface area contributed by atoms with Gasteiger partial charge in [0.15, 0.2) is 0 Å². The van der Waals surface area contributed by atoms with Crippen LogP contribution in [0.4, 0.5) is 5.69 Å². The van der Waals surface area contributed by atoms with Crippen molar-refractivity contribution >= 4 is 50.9 Å². The van der Waals surface area contributed by atoms with Crippen molar-refractivity contribution in [3.63, 3.8) is 0 Å². The zero-order valence-corrected chi connectivity index (χ0v) is 16.6. The fraction of sp³-hybridized carbons (Fsp3) is 0.0435. The maximum Gasteiger partial charge on any atom is 0.355 e. The Balaban J connectivity index is 1.61. The molecule has 0 N–H and O–H groups in total. The van der Waals surface area contributed by atoms with Gasteiger partial charge in [-0.1, -0.05) is 54.1 Å². The van der Waals surface area contributed by atoms with Crippen molar-refractivity contribution in [2.45, 2.75) is 6.92 Å². The second-order valence-corrected chi connectivity index (χ2v) is 7.70. The van der Waals surface area contributed by atoms with Crippen LogP contribution in [0.2, 0.25) is 5.02 Å². The summed E-state index contributed by atoms with van der Waals surface area (Å²) in [4.78, 5) is 17.6. The minimum absolute atomic E-state index is 0.397. The van der Waals surface area contributed by atoms with Crippen LogP contribution in [0.25, 0.3) is 10.1 Å². The van der Waals surface area contributed by atoms with Crippen molar-refractivity contribution in [1.82, 2.24) is 0 Å². The van der Waals surface area contributed by atoms with Crippen LogP contribution in [-0.2, 0) is 0 Å². The standard InChI is InChI=1S/C23H16ClNO2S/c1-15-7-6-9-17(13-15)25-14-16-8-2-4-11-19(16)27-23(26)22-21(24)18-10-3-5-12-20(18)28-22/h2-14H,1H3. The van der Waals surface area contributed by atoms with Crippen LogP contribution in [0.15, 0.2) is 77.8 Å². The van der Waals surface area contributed by atoms with Gasteiger partial charge in [0.1, 0.15) is 10.6 Å². The number of aryl methyl sites for hydroxylation is 1. The number of halogens is 1. The van der Waals surface area contributed by atoms with Crippen LogP contribution in [-0.4, -0.2) is 12.2 Å². The van der Waals surface area contributed by atoms with Gasteiger partial charge in [0.05, 0.1) is 10.7 Å². The Bertz CT molecular complexity index is 1200. The van der Waals surface area contributed by atoms with E-state index >= 15 is 0 Å². The van der Waals surface area contributed by atoms with Gasteiger partial charge < -0.3 is 4.74 Å². The normalized spacial score (nSPS) is 11.2. The Morgan fingerprint density at radius 1 is 1.04 bits per heavy atom. The lowest BCUT2D eigenvalue weighted by atomic mass is 10.2. The molecule has 3 nitrogen and oxygen atoms in total. The molecule has 0 aliphatic heterocycles. The number of thiophene rings is 1. The molecule has 0 bridgehead atoms. The molecule has 0 aliphatic rings. The molecule has 0 spiro atoms. The van der Waals surface area contributed by atoms with Crippen LogP contribution in [0.3, 0.4) is 0 Å². The van der Waals surface area contributed by atoms with E-state index in [2.05, 4.69) is 4.99 Å². The number of fused-ring (bicyclic) bond motifs is 1. The highest BCUT2D eigenvalue weighted by Gasteiger charge is 2.19. The molecule has 4 aromatic rings. The highest BCUT2D eigenvalue weighted by molar-refractivity contribution is 7.21. The molecular weight excluding hydrogens is 390 g/mol. The van der Waals surface area contributed by atoms with Crippen molar-refractivity contribution in [3.8, 4) is 5.75 Å². The molecule has 28 heavy (non-hydrogen) atoms. The van der Waals surface area contributed by atoms with E-state index in [4.69, 9.17) is 16.3 Å². The van der Waals surface area contributed by atoms with E-state index in [0.717, 1.165) is 26.9 Å². The van der Waals surface area contributed by atoms with Gasteiger partial charge in [-0.15, -0.1) is 11.3 Å². The smallest absolute Gasteiger partial charge is 0.355 e. The number of para-hydroxylation sites is 1. The van der Waals surface area contributed by atoms with Crippen LogP contribution < -0.4 is 4.74 Å². The second-order valence-electron chi connectivity index (χ2n) is 6.27. The summed E-state index contributed by atoms with van der Waals surface area (Å²) in [5.41, 5.74) is 2.69. The fourth-order valence-corrected chi connectivity index (χ4v) is 4.21. The number of nitrogens with zero attached hydrogens (tertiary/aromatic N) is 1. The van der Waals surface area contributed by atoms with Gasteiger partial charge in [-0.2, -0.15) is 0 Å². The molecule has 0 fully saturated rings. The highest BCUT2D eigenvalue weighted by Crippen LogP contribution is 2.36. The summed E-state index contributed by atoms with van der Waals surface area (Å²) < 4.78 is 6.60. The molecule has 4 rings (SSSR count). The predicted octanol–water partition coefficient (Wildman–Crippen LogP) is 6.83. The average Bonchev–Trinajstić information content (AvgIpc) is 3.04. The van der Waals surface area contributed by atoms with Gasteiger partial charge in [-0.25, -0.2) is 4.79 Å². The van der Waals surface area contributed by atoms with Crippen LogP contribution in [0.5, 0.6) is 5.75 Å². The first-order valence-electron chi connectivity index (χ1n) is 8.71. The van der Waals surface area contributed by atoms with Gasteiger partial charge in [-0.3, -0.25) is 4.99 Å². The van der Waals surface area contributed by atoms with Gasteiger partial charge in [-0.05, 0) is 42.8 Å². The summed E-state index contributed by atoms with van der Waals surface area (Å²) >= 11 is 7.73. The van der Waals surface area contributed by atoms with Gasteiger partial charge >= 0.3 is 5.97 Å². The van der Waals surface area contributed by atoms with Gasteiger partial charge in [0.2, 0.25) is 0 Å². The molecule has 138 valence electrons. The predicted molar refractivity (Wildman–Crippen MR) is 117 cm³/mol. The first-order chi connectivity index (χ1) is 13.6. The zero-order chi connectivity index (χ0) is 19.5. The van der Waals surface area contributed by atoms with Crippen molar-refractivity contribution in [1.29, 1.82) is 0 Å². The monoisotopic (exact) mass is 405 g/mol. The van der Waals surface area contributed by atoms with E-state index in [1.54, 1.807) is 12.3 Å². The van der Waals surface area contributed by atoms with Crippen molar-refractivity contribution in [2.24, 2.45) is 4.99 Å². The molecule has 1 heterocycles. The Hall–Kier alpha value is -2.95. The maximum atomic E-state index is 12.7. The molecule has 0 aliphatic carbocycles. The topological polar surface area (TPSA) is 38.7 Å². The summed E-state index contributed by atoms with van der Waals surface area (Å²) in [5.74, 6) is -0.0277. The maximum absolute atomic E-state index is 12.7. The first kappa shape index (κ1) is 18.4. The Kier molecular flexibility index (Phi) is 5.24. The number of aliphatic imine (C=N–C) groups is 1. The lowest BCUT2D eigenvalue weighted by Gasteiger charge is -2.06. The third-order valence-electron chi connectivity index (χ3n) is 4.20. The van der Waals surface area contributed by atoms with E-state index < -0.39 is 5.97 Å². The Morgan fingerprint density at radius 3 is 2.64 bits per heavy atom. The van der Waals surface area contributed by atoms with Crippen LogP contribution in [0.1, 0.15) is 20.8 Å². The van der Waals surface area contributed by atoms with Crippen LogP contribution in [0, 0.1) is 6.92 Å². The molecule has 0 saturated heterocycles. The van der Waals surface area contributed by atoms with Crippen LogP contribution >= 0.6 is 22.9 Å². The van der Waals surface area contributed by atoms with E-state index in [0.29, 0.717) is 15.6 Å². The highest BCUT2D eigenvalue weighted by atomic mass is 35.5. The molecule has 3 aromatic carbocycles. The van der Waals surface area contributed by atoms with E-state index in [9.17, 15) is 4.79 Å². The Labute approximate surface area is 171 Å². The zero-order valence-electron chi connectivity index (χ0n) is 15.1. The lowest BCUT2D eigenvalue weighted by Crippen LogP contribution is -2.08. The number of hydrogen-bond acceptors (Lipinski definition) is 4. The minimum atomic E-state index is -0.470. The molecule has 0 saturated carbocycles. The molecule has 5 heteroatoms. The molecule has 0 atom stereocenters. The number of benzene rings is 3. The summed E-state index contributed by atoms with van der Waals surface area (Å²) in [6.45, 7) is 2.02. The van der Waals surface area contributed by atoms with Crippen molar-refractivity contribution < 1.29 is 9.53 Å². The average molecular weight is 406 g/mol. The number of esters is 1. The van der Waals surface area contributed by atoms with E-state index in [1.807, 2.05) is 73.7 Å². The number of carbonyl (C=O) groups is 1. The van der Waals surface area contributed by atoms with Crippen molar-refractivity contribution in [2.75, 3.05) is 0 Å². The summed E-state index contributed by atoms with van der Waals surface area (Å²) in [5, 5.41) is 1.28. The number of ether oxygens (including phenoxy) is 1. The molecule has 0 radical (unpaired) electrons. The quantitative estimate of drug-likeness (QED) is 0.212. The summed E-state index contributed by atoms with van der Waals surface area (Å²) in [6, 6.07) is 22.8. The number of hydrogen-bond donors (Lipinski definition) is 0. The molecule has 0 amide bonds. The SMILES string of the molecule is Cc1cccc(N=Cc2ccccc2OC(=O)c2sc3ccccc3c2Cl)c1. The van der Waals surface area contributed by atoms with Gasteiger partial charge in [0.25, 0.3) is 0 Å².